The van der Waals surface area contributed by atoms with Gasteiger partial charge in [-0.05, 0) is 36.6 Å². The molecule has 0 bridgehead atoms. The zero-order chi connectivity index (χ0) is 15.1. The van der Waals surface area contributed by atoms with E-state index in [9.17, 15) is 4.79 Å². The van der Waals surface area contributed by atoms with Crippen LogP contribution in [-0.2, 0) is 11.3 Å². The molecule has 0 aromatic heterocycles. The summed E-state index contributed by atoms with van der Waals surface area (Å²) in [5.41, 5.74) is 4.72. The summed E-state index contributed by atoms with van der Waals surface area (Å²) in [5.74, 6) is 0.0664. The highest BCUT2D eigenvalue weighted by molar-refractivity contribution is 5.76. The number of amides is 1. The Kier molecular flexibility index (Phi) is 5.38. The van der Waals surface area contributed by atoms with Crippen LogP contribution in [0.3, 0.4) is 0 Å². The van der Waals surface area contributed by atoms with Crippen molar-refractivity contribution in [2.45, 2.75) is 26.8 Å². The van der Waals surface area contributed by atoms with Crippen LogP contribution in [0.2, 0.25) is 0 Å². The third kappa shape index (κ3) is 4.63. The summed E-state index contributed by atoms with van der Waals surface area (Å²) in [6.45, 7) is 5.41. The van der Waals surface area contributed by atoms with Crippen molar-refractivity contribution in [1.29, 1.82) is 0 Å². The molecule has 0 saturated carbocycles. The molecule has 21 heavy (non-hydrogen) atoms. The van der Waals surface area contributed by atoms with Gasteiger partial charge in [0.2, 0.25) is 5.91 Å². The van der Waals surface area contributed by atoms with Crippen molar-refractivity contribution in [3.63, 3.8) is 0 Å². The van der Waals surface area contributed by atoms with Gasteiger partial charge in [0.1, 0.15) is 0 Å². The molecule has 2 aromatic carbocycles. The second-order valence-electron chi connectivity index (χ2n) is 5.19. The van der Waals surface area contributed by atoms with E-state index in [1.54, 1.807) is 0 Å². The van der Waals surface area contributed by atoms with Gasteiger partial charge >= 0.3 is 0 Å². The Labute approximate surface area is 126 Å². The van der Waals surface area contributed by atoms with Gasteiger partial charge in [-0.1, -0.05) is 42.5 Å². The molecule has 0 saturated heterocycles. The van der Waals surface area contributed by atoms with Crippen LogP contribution in [0.1, 0.15) is 23.1 Å². The van der Waals surface area contributed by atoms with Crippen LogP contribution in [0, 0.1) is 13.8 Å². The van der Waals surface area contributed by atoms with Crippen molar-refractivity contribution in [2.75, 3.05) is 11.9 Å². The molecule has 0 spiro atoms. The van der Waals surface area contributed by atoms with Crippen LogP contribution in [0.5, 0.6) is 0 Å². The van der Waals surface area contributed by atoms with Crippen LogP contribution in [0.4, 0.5) is 5.69 Å². The van der Waals surface area contributed by atoms with E-state index >= 15 is 0 Å². The molecule has 0 fully saturated rings. The van der Waals surface area contributed by atoms with Crippen molar-refractivity contribution in [1.82, 2.24) is 5.32 Å². The average Bonchev–Trinajstić information content (AvgIpc) is 2.50. The Hall–Kier alpha value is -2.29. The molecule has 110 valence electrons. The summed E-state index contributed by atoms with van der Waals surface area (Å²) < 4.78 is 0. The maximum absolute atomic E-state index is 11.8. The van der Waals surface area contributed by atoms with Crippen molar-refractivity contribution in [3.05, 3.63) is 65.2 Å². The maximum atomic E-state index is 11.8. The predicted octanol–water partition coefficient (Wildman–Crippen LogP) is 3.42. The minimum Gasteiger partial charge on any atom is -0.384 e. The highest BCUT2D eigenvalue weighted by atomic mass is 16.1. The molecular formula is C18H22N2O. The van der Waals surface area contributed by atoms with E-state index in [-0.39, 0.29) is 5.91 Å². The van der Waals surface area contributed by atoms with Gasteiger partial charge in [-0.25, -0.2) is 0 Å². The Balaban J connectivity index is 1.73. The number of nitrogens with one attached hydrogen (secondary N) is 2. The molecule has 0 atom stereocenters. The van der Waals surface area contributed by atoms with Gasteiger partial charge in [-0.15, -0.1) is 0 Å². The number of hydrogen-bond acceptors (Lipinski definition) is 2. The summed E-state index contributed by atoms with van der Waals surface area (Å²) in [5, 5.41) is 6.25. The Morgan fingerprint density at radius 3 is 2.52 bits per heavy atom. The lowest BCUT2D eigenvalue weighted by molar-refractivity contribution is -0.121. The largest absolute Gasteiger partial charge is 0.384 e. The summed E-state index contributed by atoms with van der Waals surface area (Å²) in [6, 6.07) is 16.1. The molecule has 2 aromatic rings. The van der Waals surface area contributed by atoms with E-state index in [1.807, 2.05) is 42.5 Å². The van der Waals surface area contributed by atoms with E-state index in [2.05, 4.69) is 30.5 Å². The lowest BCUT2D eigenvalue weighted by Crippen LogP contribution is -2.24. The van der Waals surface area contributed by atoms with E-state index in [1.165, 1.54) is 11.1 Å². The first kappa shape index (κ1) is 15.1. The SMILES string of the molecule is Cc1cccc(NCCC(=O)NCc2ccccc2)c1C. The number of carbonyl (C=O) groups excluding carboxylic acids is 1. The average molecular weight is 282 g/mol. The number of rotatable bonds is 6. The second kappa shape index (κ2) is 7.48. The fourth-order valence-corrected chi connectivity index (χ4v) is 2.14. The Morgan fingerprint density at radius 2 is 1.76 bits per heavy atom. The van der Waals surface area contributed by atoms with Gasteiger partial charge in [-0.3, -0.25) is 4.79 Å². The lowest BCUT2D eigenvalue weighted by Gasteiger charge is -2.11. The first-order valence-corrected chi connectivity index (χ1v) is 7.27. The fraction of sp³-hybridized carbons (Fsp3) is 0.278. The monoisotopic (exact) mass is 282 g/mol. The van der Waals surface area contributed by atoms with Gasteiger partial charge in [0.25, 0.3) is 0 Å². The maximum Gasteiger partial charge on any atom is 0.222 e. The van der Waals surface area contributed by atoms with E-state index in [4.69, 9.17) is 0 Å². The van der Waals surface area contributed by atoms with Crippen molar-refractivity contribution in [3.8, 4) is 0 Å². The van der Waals surface area contributed by atoms with E-state index in [0.717, 1.165) is 11.3 Å². The van der Waals surface area contributed by atoms with Crippen LogP contribution >= 0.6 is 0 Å². The highest BCUT2D eigenvalue weighted by Gasteiger charge is 2.03. The van der Waals surface area contributed by atoms with Crippen LogP contribution in [0.15, 0.2) is 48.5 Å². The van der Waals surface area contributed by atoms with Crippen molar-refractivity contribution < 1.29 is 4.79 Å². The number of carbonyl (C=O) groups is 1. The summed E-state index contributed by atoms with van der Waals surface area (Å²) >= 11 is 0. The zero-order valence-corrected chi connectivity index (χ0v) is 12.6. The molecule has 3 heteroatoms. The number of benzene rings is 2. The smallest absolute Gasteiger partial charge is 0.222 e. The van der Waals surface area contributed by atoms with Gasteiger partial charge in [0.15, 0.2) is 0 Å². The Morgan fingerprint density at radius 1 is 1.00 bits per heavy atom. The van der Waals surface area contributed by atoms with E-state index in [0.29, 0.717) is 19.5 Å². The summed E-state index contributed by atoms with van der Waals surface area (Å²) in [6.07, 6.45) is 0.472. The molecule has 1 amide bonds. The van der Waals surface area contributed by atoms with Crippen LogP contribution in [0.25, 0.3) is 0 Å². The van der Waals surface area contributed by atoms with Crippen LogP contribution in [-0.4, -0.2) is 12.5 Å². The number of anilines is 1. The normalized spacial score (nSPS) is 10.2. The predicted molar refractivity (Wildman–Crippen MR) is 87.3 cm³/mol. The lowest BCUT2D eigenvalue weighted by atomic mass is 10.1. The molecule has 3 nitrogen and oxygen atoms in total. The highest BCUT2D eigenvalue weighted by Crippen LogP contribution is 2.17. The minimum atomic E-state index is 0.0664. The third-order valence-electron chi connectivity index (χ3n) is 3.60. The van der Waals surface area contributed by atoms with Crippen LogP contribution < -0.4 is 10.6 Å². The van der Waals surface area contributed by atoms with Gasteiger partial charge in [0.05, 0.1) is 0 Å². The molecule has 0 unspecified atom stereocenters. The quantitative estimate of drug-likeness (QED) is 0.852. The number of aryl methyl sites for hydroxylation is 1. The third-order valence-corrected chi connectivity index (χ3v) is 3.60. The number of hydrogen-bond donors (Lipinski definition) is 2. The first-order chi connectivity index (χ1) is 10.2. The molecule has 0 heterocycles. The van der Waals surface area contributed by atoms with Crippen molar-refractivity contribution >= 4 is 11.6 Å². The molecule has 0 radical (unpaired) electrons. The van der Waals surface area contributed by atoms with E-state index < -0.39 is 0 Å². The molecular weight excluding hydrogens is 260 g/mol. The molecule has 2 N–H and O–H groups in total. The fourth-order valence-electron chi connectivity index (χ4n) is 2.14. The molecule has 0 aliphatic rings. The van der Waals surface area contributed by atoms with Crippen molar-refractivity contribution in [2.24, 2.45) is 0 Å². The standard InChI is InChI=1S/C18H22N2O/c1-14-7-6-10-17(15(14)2)19-12-11-18(21)20-13-16-8-4-3-5-9-16/h3-10,19H,11-13H2,1-2H3,(H,20,21). The van der Waals surface area contributed by atoms with Gasteiger partial charge in [-0.2, -0.15) is 0 Å². The van der Waals surface area contributed by atoms with Gasteiger partial charge < -0.3 is 10.6 Å². The Bertz CT molecular complexity index is 593. The molecule has 0 aliphatic heterocycles. The summed E-state index contributed by atoms with van der Waals surface area (Å²) in [7, 11) is 0. The summed E-state index contributed by atoms with van der Waals surface area (Å²) in [4.78, 5) is 11.8. The molecule has 2 rings (SSSR count). The topological polar surface area (TPSA) is 41.1 Å². The van der Waals surface area contributed by atoms with Gasteiger partial charge in [0, 0.05) is 25.2 Å². The molecule has 0 aliphatic carbocycles. The zero-order valence-electron chi connectivity index (χ0n) is 12.6. The second-order valence-corrected chi connectivity index (χ2v) is 5.19. The first-order valence-electron chi connectivity index (χ1n) is 7.27. The minimum absolute atomic E-state index is 0.0664.